The largest absolute Gasteiger partial charge is 0.452 e. The van der Waals surface area contributed by atoms with Gasteiger partial charge in [0.2, 0.25) is 0 Å². The summed E-state index contributed by atoms with van der Waals surface area (Å²) in [6, 6.07) is 107. The molecule has 6 nitrogen and oxygen atoms in total. The first kappa shape index (κ1) is 80.3. The van der Waals surface area contributed by atoms with Crippen LogP contribution in [-0.4, -0.2) is 20.4 Å². The topological polar surface area (TPSA) is 34.4 Å². The third-order valence-corrected chi connectivity index (χ3v) is 28.7. The molecule has 0 saturated heterocycles. The highest BCUT2D eigenvalue weighted by Crippen LogP contribution is 2.54. The molecule has 6 heterocycles. The van der Waals surface area contributed by atoms with Gasteiger partial charge in [0.1, 0.15) is 0 Å². The maximum absolute atomic E-state index is 8.10. The number of benzene rings is 15. The van der Waals surface area contributed by atoms with Crippen molar-refractivity contribution >= 4 is 145 Å². The quantitative estimate of drug-likeness (QED) is 0.142. The SMILES string of the molecule is Cc1c(C)c(C)c(-c2cc3c4c(c2)N(c2cccc5c2oc2c(-n6c7ccc(C(C)(C)C)cc7c7cc(C(C)(C)C)ccc76)cccc25)c2cc(-n5c6ccc(C(C)(C)C)cc6c6cc(C(C)(C)C)ccc65)ccc2B4c2ccc(-n4c5ccc(C(C)(C)C)cc5c5cc(C(C)(C)C)ccc54)cc2N3c2cc(-c3ccccc3)cc(-c3ccccc3)c2)c(C)c1C. The number of fused-ring (bicyclic) bond motifs is 16. The fourth-order valence-electron chi connectivity index (χ4n) is 21.0. The molecule has 0 radical (unpaired) electrons. The number of para-hydroxylation sites is 2. The Morgan fingerprint density at radius 3 is 0.913 bits per heavy atom. The third-order valence-electron chi connectivity index (χ3n) is 28.7. The van der Waals surface area contributed by atoms with Crippen LogP contribution >= 0.6 is 0 Å². The summed E-state index contributed by atoms with van der Waals surface area (Å²) >= 11 is 0. The van der Waals surface area contributed by atoms with E-state index in [0.717, 1.165) is 112 Å². The van der Waals surface area contributed by atoms with Gasteiger partial charge in [-0.3, -0.25) is 0 Å². The van der Waals surface area contributed by atoms with Crippen molar-refractivity contribution in [2.45, 2.75) is 192 Å². The van der Waals surface area contributed by atoms with Crippen LogP contribution in [0.15, 0.2) is 277 Å². The van der Waals surface area contributed by atoms with Gasteiger partial charge in [0.05, 0.1) is 44.5 Å². The summed E-state index contributed by atoms with van der Waals surface area (Å²) in [6.45, 7) is 53.4. The molecule has 0 N–H and O–H groups in total. The Labute approximate surface area is 743 Å². The molecule has 624 valence electrons. The number of nitrogens with zero attached hydrogens (tertiary/aromatic N) is 5. The van der Waals surface area contributed by atoms with Crippen molar-refractivity contribution < 1.29 is 4.42 Å². The average molecular weight is 1640 g/mol. The van der Waals surface area contributed by atoms with Crippen LogP contribution in [-0.2, 0) is 32.5 Å². The van der Waals surface area contributed by atoms with Crippen molar-refractivity contribution in [3.8, 4) is 50.4 Å². The summed E-state index contributed by atoms with van der Waals surface area (Å²) < 4.78 is 15.7. The maximum Gasteiger partial charge on any atom is 0.252 e. The minimum absolute atomic E-state index is 0.0646. The molecule has 0 atom stereocenters. The maximum atomic E-state index is 8.10. The van der Waals surface area contributed by atoms with Crippen LogP contribution in [0.5, 0.6) is 0 Å². The van der Waals surface area contributed by atoms with Crippen LogP contribution in [0.1, 0.15) is 186 Å². The van der Waals surface area contributed by atoms with Crippen LogP contribution in [0.25, 0.3) is 138 Å². The lowest BCUT2D eigenvalue weighted by Crippen LogP contribution is -2.61. The zero-order chi connectivity index (χ0) is 88.0. The molecule has 126 heavy (non-hydrogen) atoms. The van der Waals surface area contributed by atoms with Crippen molar-refractivity contribution in [3.63, 3.8) is 0 Å². The predicted octanol–water partition coefficient (Wildman–Crippen LogP) is 31.3. The highest BCUT2D eigenvalue weighted by Gasteiger charge is 2.46. The molecular formula is C119H114BN5O. The van der Waals surface area contributed by atoms with Crippen molar-refractivity contribution in [2.75, 3.05) is 9.80 Å². The van der Waals surface area contributed by atoms with Crippen molar-refractivity contribution in [3.05, 3.63) is 334 Å². The fourth-order valence-corrected chi connectivity index (χ4v) is 21.0. The Kier molecular flexibility index (Phi) is 17.9. The second kappa shape index (κ2) is 28.1. The van der Waals surface area contributed by atoms with E-state index >= 15 is 0 Å². The summed E-state index contributed by atoms with van der Waals surface area (Å²) in [4.78, 5) is 5.33. The van der Waals surface area contributed by atoms with Crippen LogP contribution < -0.4 is 26.2 Å². The molecule has 0 bridgehead atoms. The summed E-state index contributed by atoms with van der Waals surface area (Å²) in [6.07, 6.45) is 0. The molecular weight excluding hydrogens is 1530 g/mol. The second-order valence-electron chi connectivity index (χ2n) is 42.8. The molecule has 2 aliphatic heterocycles. The first-order valence-electron chi connectivity index (χ1n) is 45.5. The summed E-state index contributed by atoms with van der Waals surface area (Å²) in [5.74, 6) is 0. The van der Waals surface area contributed by atoms with Crippen molar-refractivity contribution in [1.82, 2.24) is 13.7 Å². The third kappa shape index (κ3) is 12.6. The van der Waals surface area contributed by atoms with Crippen molar-refractivity contribution in [2.24, 2.45) is 0 Å². The van der Waals surface area contributed by atoms with E-state index in [2.05, 4.69) is 456 Å². The van der Waals surface area contributed by atoms with Crippen LogP contribution in [0.3, 0.4) is 0 Å². The Hall–Kier alpha value is -12.8. The lowest BCUT2D eigenvalue weighted by Gasteiger charge is -2.45. The molecule has 0 amide bonds. The van der Waals surface area contributed by atoms with E-state index in [1.165, 1.54) is 138 Å². The van der Waals surface area contributed by atoms with Crippen molar-refractivity contribution in [1.29, 1.82) is 0 Å². The number of rotatable bonds is 8. The van der Waals surface area contributed by atoms with Gasteiger partial charge in [-0.15, -0.1) is 0 Å². The summed E-state index contributed by atoms with van der Waals surface area (Å²) in [5.41, 5.74) is 42.7. The number of hydrogen-bond donors (Lipinski definition) is 0. The van der Waals surface area contributed by atoms with Crippen LogP contribution in [0.4, 0.5) is 34.1 Å². The summed E-state index contributed by atoms with van der Waals surface area (Å²) in [5, 5.41) is 9.58. The van der Waals surface area contributed by atoms with E-state index in [4.69, 9.17) is 4.42 Å². The normalized spacial score (nSPS) is 13.5. The molecule has 0 aliphatic carbocycles. The molecule has 7 heteroatoms. The molecule has 0 spiro atoms. The number of hydrogen-bond acceptors (Lipinski definition) is 3. The first-order valence-corrected chi connectivity index (χ1v) is 45.5. The number of anilines is 6. The van der Waals surface area contributed by atoms with Gasteiger partial charge in [0.25, 0.3) is 6.71 Å². The van der Waals surface area contributed by atoms with Crippen LogP contribution in [0, 0.1) is 34.6 Å². The molecule has 0 fully saturated rings. The van der Waals surface area contributed by atoms with Gasteiger partial charge in [0, 0.05) is 82.9 Å². The van der Waals surface area contributed by atoms with Gasteiger partial charge in [0.15, 0.2) is 11.2 Å². The molecule has 4 aromatic heterocycles. The lowest BCUT2D eigenvalue weighted by molar-refractivity contribution is 0.590. The number of aromatic nitrogens is 3. The molecule has 15 aromatic carbocycles. The van der Waals surface area contributed by atoms with E-state index in [0.29, 0.717) is 0 Å². The van der Waals surface area contributed by atoms with Crippen LogP contribution in [0.2, 0.25) is 0 Å². The van der Waals surface area contributed by atoms with Gasteiger partial charge >= 0.3 is 0 Å². The molecule has 0 saturated carbocycles. The Morgan fingerprint density at radius 1 is 0.222 bits per heavy atom. The zero-order valence-electron chi connectivity index (χ0n) is 77.7. The standard InChI is InChI=1S/C119H114BN5O/c1-69-70(2)72(4)110(73(5)71(69)3)78-59-108-111-109(60-78)125(105-39-31-37-89-88-36-30-38-104(112(88)126-113(89)105)124-102-54-44-83(118(18,19)20)65-94(102)95-66-84(119(21,22)23)45-55-103(95)124)107-68-86(122-100-52-42-81(116(12,13)14)63-92(100)93-64-82(117(15,16)17)43-53-101(93)122)47-49-97(107)120(111)96-48-46-85(121-98-50-40-79(114(6,7)8)61-90(98)91-62-80(115(9,10)11)41-51-99(91)121)67-106(96)123(108)87-57-76(74-32-26-24-27-33-74)56-77(58-87)75-34-28-25-29-35-75/h24-68H,1-23H3. The highest BCUT2D eigenvalue weighted by atomic mass is 16.3. The average Bonchev–Trinajstić information content (AvgIpc) is 1.20. The van der Waals surface area contributed by atoms with Gasteiger partial charge in [-0.1, -0.05) is 258 Å². The van der Waals surface area contributed by atoms with E-state index in [1.807, 2.05) is 0 Å². The molecule has 2 aliphatic rings. The number of furan rings is 1. The molecule has 21 rings (SSSR count). The fraction of sp³-hybridized carbons (Fsp3) is 0.244. The lowest BCUT2D eigenvalue weighted by atomic mass is 9.33. The van der Waals surface area contributed by atoms with E-state index in [1.54, 1.807) is 0 Å². The Bertz CT molecular complexity index is 7520. The van der Waals surface area contributed by atoms with E-state index < -0.39 is 0 Å². The summed E-state index contributed by atoms with van der Waals surface area (Å²) in [7, 11) is 0. The highest BCUT2D eigenvalue weighted by molar-refractivity contribution is 7.00. The molecule has 19 aromatic rings. The minimum atomic E-state index is -0.294. The second-order valence-corrected chi connectivity index (χ2v) is 42.8. The Balaban J connectivity index is 0.911. The monoisotopic (exact) mass is 1640 g/mol. The van der Waals surface area contributed by atoms with Gasteiger partial charge < -0.3 is 27.9 Å². The predicted molar refractivity (Wildman–Crippen MR) is 543 cm³/mol. The molecule has 0 unspecified atom stereocenters. The Morgan fingerprint density at radius 2 is 0.548 bits per heavy atom. The van der Waals surface area contributed by atoms with Gasteiger partial charge in [-0.25, -0.2) is 0 Å². The first-order chi connectivity index (χ1) is 59.8. The van der Waals surface area contributed by atoms with Gasteiger partial charge in [-0.2, -0.15) is 0 Å². The van der Waals surface area contributed by atoms with E-state index in [-0.39, 0.29) is 39.2 Å². The minimum Gasteiger partial charge on any atom is -0.452 e. The smallest absolute Gasteiger partial charge is 0.252 e. The van der Waals surface area contributed by atoms with Gasteiger partial charge in [-0.05, 0) is 318 Å². The zero-order valence-corrected chi connectivity index (χ0v) is 77.7. The van der Waals surface area contributed by atoms with E-state index in [9.17, 15) is 0 Å².